The highest BCUT2D eigenvalue weighted by molar-refractivity contribution is 7.10. The second-order valence-electron chi connectivity index (χ2n) is 3.97. The van der Waals surface area contributed by atoms with Crippen molar-refractivity contribution < 1.29 is 9.84 Å². The molecule has 2 heterocycles. The second-order valence-corrected chi connectivity index (χ2v) is 5.09. The van der Waals surface area contributed by atoms with Gasteiger partial charge in [-0.15, -0.1) is 11.3 Å². The Balaban J connectivity index is 1.91. The zero-order valence-corrected chi connectivity index (χ0v) is 9.22. The molecule has 1 aliphatic rings. The number of aryl methyl sites for hydroxylation is 1. The summed E-state index contributed by atoms with van der Waals surface area (Å²) in [7, 11) is 0. The summed E-state index contributed by atoms with van der Waals surface area (Å²) in [5, 5.41) is 12.0. The van der Waals surface area contributed by atoms with Gasteiger partial charge < -0.3 is 9.84 Å². The Labute approximate surface area is 88.5 Å². The number of aliphatic hydroxyl groups excluding tert-OH is 1. The van der Waals surface area contributed by atoms with Crippen molar-refractivity contribution in [1.82, 2.24) is 0 Å². The van der Waals surface area contributed by atoms with Gasteiger partial charge in [0.05, 0.1) is 6.10 Å². The van der Waals surface area contributed by atoms with E-state index in [-0.39, 0.29) is 6.10 Å². The Morgan fingerprint density at radius 1 is 1.71 bits per heavy atom. The van der Waals surface area contributed by atoms with Crippen LogP contribution in [0.5, 0.6) is 0 Å². The monoisotopic (exact) mass is 212 g/mol. The van der Waals surface area contributed by atoms with E-state index in [1.54, 1.807) is 11.3 Å². The van der Waals surface area contributed by atoms with E-state index in [0.29, 0.717) is 5.92 Å². The molecule has 1 aromatic heterocycles. The van der Waals surface area contributed by atoms with Crippen molar-refractivity contribution in [3.63, 3.8) is 0 Å². The normalized spacial score (nSPS) is 24.0. The van der Waals surface area contributed by atoms with Gasteiger partial charge in [0.1, 0.15) is 0 Å². The molecule has 78 valence electrons. The quantitative estimate of drug-likeness (QED) is 0.834. The van der Waals surface area contributed by atoms with Gasteiger partial charge in [0.2, 0.25) is 0 Å². The van der Waals surface area contributed by atoms with Crippen molar-refractivity contribution in [1.29, 1.82) is 0 Å². The van der Waals surface area contributed by atoms with Gasteiger partial charge >= 0.3 is 0 Å². The number of hydrogen-bond acceptors (Lipinski definition) is 3. The molecule has 0 amide bonds. The van der Waals surface area contributed by atoms with Crippen molar-refractivity contribution in [2.75, 3.05) is 13.2 Å². The van der Waals surface area contributed by atoms with E-state index in [1.807, 2.05) is 0 Å². The molecule has 1 N–H and O–H groups in total. The summed E-state index contributed by atoms with van der Waals surface area (Å²) in [6.45, 7) is 3.75. The van der Waals surface area contributed by atoms with Crippen LogP contribution in [-0.2, 0) is 4.74 Å². The highest BCUT2D eigenvalue weighted by Crippen LogP contribution is 2.28. The maximum atomic E-state index is 9.95. The average Bonchev–Trinajstić information content (AvgIpc) is 2.75. The van der Waals surface area contributed by atoms with E-state index in [4.69, 9.17) is 4.74 Å². The van der Waals surface area contributed by atoms with Gasteiger partial charge in [-0.2, -0.15) is 0 Å². The first-order chi connectivity index (χ1) is 6.75. The lowest BCUT2D eigenvalue weighted by Crippen LogP contribution is -2.06. The number of thiophene rings is 1. The minimum Gasteiger partial charge on any atom is -0.388 e. The standard InChI is InChI=1S/C11H16O2S/c1-8-4-10(7-14-8)11(12)5-9-2-3-13-6-9/h4,7,9,11-12H,2-3,5-6H2,1H3. The number of aliphatic hydroxyl groups is 1. The van der Waals surface area contributed by atoms with Crippen LogP contribution in [0.1, 0.15) is 29.4 Å². The fraction of sp³-hybridized carbons (Fsp3) is 0.636. The molecule has 1 saturated heterocycles. The minimum atomic E-state index is -0.299. The minimum absolute atomic E-state index is 0.299. The Kier molecular flexibility index (Phi) is 3.21. The fourth-order valence-corrected chi connectivity index (χ4v) is 2.61. The van der Waals surface area contributed by atoms with Crippen molar-refractivity contribution in [3.8, 4) is 0 Å². The Bertz CT molecular complexity index is 289. The number of hydrogen-bond donors (Lipinski definition) is 1. The van der Waals surface area contributed by atoms with Gasteiger partial charge in [-0.1, -0.05) is 0 Å². The summed E-state index contributed by atoms with van der Waals surface area (Å²) in [5.41, 5.74) is 1.07. The molecule has 0 saturated carbocycles. The molecule has 1 aliphatic heterocycles. The SMILES string of the molecule is Cc1cc(C(O)CC2CCOC2)cs1. The predicted octanol–water partition coefficient (Wildman–Crippen LogP) is 2.52. The molecule has 2 rings (SSSR count). The summed E-state index contributed by atoms with van der Waals surface area (Å²) in [5.74, 6) is 0.546. The third kappa shape index (κ3) is 2.35. The number of ether oxygens (including phenoxy) is 1. The molecule has 1 aromatic rings. The van der Waals surface area contributed by atoms with Crippen molar-refractivity contribution in [2.24, 2.45) is 5.92 Å². The lowest BCUT2D eigenvalue weighted by Gasteiger charge is -2.12. The van der Waals surface area contributed by atoms with E-state index in [0.717, 1.165) is 31.6 Å². The summed E-state index contributed by atoms with van der Waals surface area (Å²) in [6.07, 6.45) is 1.64. The topological polar surface area (TPSA) is 29.5 Å². The van der Waals surface area contributed by atoms with Gasteiger partial charge in [-0.3, -0.25) is 0 Å². The molecule has 2 atom stereocenters. The van der Waals surface area contributed by atoms with Gasteiger partial charge in [-0.05, 0) is 42.7 Å². The van der Waals surface area contributed by atoms with Gasteiger partial charge in [0, 0.05) is 18.1 Å². The molecule has 3 heteroatoms. The van der Waals surface area contributed by atoms with E-state index in [2.05, 4.69) is 18.4 Å². The van der Waals surface area contributed by atoms with Crippen LogP contribution in [0.2, 0.25) is 0 Å². The summed E-state index contributed by atoms with van der Waals surface area (Å²) < 4.78 is 5.29. The second kappa shape index (κ2) is 4.43. The molecule has 2 nitrogen and oxygen atoms in total. The molecule has 0 spiro atoms. The van der Waals surface area contributed by atoms with Gasteiger partial charge in [0.15, 0.2) is 0 Å². The molecule has 0 radical (unpaired) electrons. The highest BCUT2D eigenvalue weighted by atomic mass is 32.1. The van der Waals surface area contributed by atoms with Crippen LogP contribution in [0.4, 0.5) is 0 Å². The third-order valence-electron chi connectivity index (χ3n) is 2.72. The first-order valence-electron chi connectivity index (χ1n) is 5.06. The van der Waals surface area contributed by atoms with Crippen molar-refractivity contribution >= 4 is 11.3 Å². The van der Waals surface area contributed by atoms with Crippen LogP contribution in [0.3, 0.4) is 0 Å². The summed E-state index contributed by atoms with van der Waals surface area (Å²) in [4.78, 5) is 1.27. The number of rotatable bonds is 3. The van der Waals surface area contributed by atoms with Crippen molar-refractivity contribution in [2.45, 2.75) is 25.9 Å². The van der Waals surface area contributed by atoms with Crippen LogP contribution in [0.15, 0.2) is 11.4 Å². The van der Waals surface area contributed by atoms with Crippen LogP contribution in [0.25, 0.3) is 0 Å². The Morgan fingerprint density at radius 3 is 3.14 bits per heavy atom. The largest absolute Gasteiger partial charge is 0.388 e. The lowest BCUT2D eigenvalue weighted by atomic mass is 9.98. The maximum Gasteiger partial charge on any atom is 0.0801 e. The molecule has 14 heavy (non-hydrogen) atoms. The van der Waals surface area contributed by atoms with E-state index < -0.39 is 0 Å². The zero-order valence-electron chi connectivity index (χ0n) is 8.40. The molecule has 1 fully saturated rings. The maximum absolute atomic E-state index is 9.95. The average molecular weight is 212 g/mol. The predicted molar refractivity (Wildman–Crippen MR) is 57.6 cm³/mol. The first-order valence-corrected chi connectivity index (χ1v) is 5.94. The fourth-order valence-electron chi connectivity index (χ4n) is 1.86. The Morgan fingerprint density at radius 2 is 2.57 bits per heavy atom. The first kappa shape index (κ1) is 10.1. The highest BCUT2D eigenvalue weighted by Gasteiger charge is 2.20. The van der Waals surface area contributed by atoms with Gasteiger partial charge in [-0.25, -0.2) is 0 Å². The molecule has 2 unspecified atom stereocenters. The van der Waals surface area contributed by atoms with E-state index in [1.165, 1.54) is 4.88 Å². The smallest absolute Gasteiger partial charge is 0.0801 e. The van der Waals surface area contributed by atoms with Crippen LogP contribution in [0, 0.1) is 12.8 Å². The molecule has 0 aromatic carbocycles. The summed E-state index contributed by atoms with van der Waals surface area (Å²) in [6, 6.07) is 2.07. The van der Waals surface area contributed by atoms with E-state index in [9.17, 15) is 5.11 Å². The van der Waals surface area contributed by atoms with Gasteiger partial charge in [0.25, 0.3) is 0 Å². The lowest BCUT2D eigenvalue weighted by molar-refractivity contribution is 0.130. The molecule has 0 aliphatic carbocycles. The van der Waals surface area contributed by atoms with Crippen LogP contribution < -0.4 is 0 Å². The Hall–Kier alpha value is -0.380. The molecule has 0 bridgehead atoms. The van der Waals surface area contributed by atoms with E-state index >= 15 is 0 Å². The summed E-state index contributed by atoms with van der Waals surface area (Å²) >= 11 is 1.70. The third-order valence-corrected chi connectivity index (χ3v) is 3.60. The molecular weight excluding hydrogens is 196 g/mol. The van der Waals surface area contributed by atoms with Crippen molar-refractivity contribution in [3.05, 3.63) is 21.9 Å². The molecular formula is C11H16O2S. The van der Waals surface area contributed by atoms with Crippen LogP contribution >= 0.6 is 11.3 Å². The zero-order chi connectivity index (χ0) is 9.97. The van der Waals surface area contributed by atoms with Crippen LogP contribution in [-0.4, -0.2) is 18.3 Å².